The lowest BCUT2D eigenvalue weighted by Gasteiger charge is -2.27. The lowest BCUT2D eigenvalue weighted by molar-refractivity contribution is -0.0567. The van der Waals surface area contributed by atoms with Crippen molar-refractivity contribution in [3.8, 4) is 0 Å². The monoisotopic (exact) mass is 728 g/mol. The number of hydrogen-bond acceptors (Lipinski definition) is 20. The van der Waals surface area contributed by atoms with E-state index in [-0.39, 0.29) is 23.0 Å². The molecule has 0 aromatic carbocycles. The van der Waals surface area contributed by atoms with E-state index in [0.717, 1.165) is 0 Å². The molecular weight excluding hydrogens is 688 g/mol. The lowest BCUT2D eigenvalue weighted by atomic mass is 10.1. The Morgan fingerprint density at radius 1 is 0.614 bits per heavy atom. The van der Waals surface area contributed by atoms with Crippen molar-refractivity contribution in [2.24, 2.45) is 0 Å². The summed E-state index contributed by atoms with van der Waals surface area (Å²) in [6.45, 7) is -2.80. The minimum absolute atomic E-state index is 0.0650. The highest BCUT2D eigenvalue weighted by molar-refractivity contribution is 7.98. The Kier molecular flexibility index (Phi) is 17.6. The Bertz CT molecular complexity index is 968. The van der Waals surface area contributed by atoms with Gasteiger partial charge in [0, 0.05) is 21.8 Å². The molecule has 0 saturated carbocycles. The SMILES string of the molecule is O=S(=O)([O-])O[C@@H]([C@H](O)CO)[C@H](O)C[S+]1C[C@@H](O)[C@H](O)[C@H]1CO.O=S(=O)([O-])O[C@@H]([C@H](O)C[S+]1C[C@@H](O)[C@H](O)[C@H]1CO)[C@@H](O)CO. The summed E-state index contributed by atoms with van der Waals surface area (Å²) < 4.78 is 71.9. The van der Waals surface area contributed by atoms with Gasteiger partial charge in [-0.05, 0) is 0 Å². The first kappa shape index (κ1) is 42.0. The van der Waals surface area contributed by atoms with Crippen LogP contribution in [0, 0.1) is 0 Å². The van der Waals surface area contributed by atoms with Crippen molar-refractivity contribution >= 4 is 42.6 Å². The van der Waals surface area contributed by atoms with Gasteiger partial charge in [-0.1, -0.05) is 0 Å². The minimum Gasteiger partial charge on any atom is -0.726 e. The minimum atomic E-state index is -5.22. The van der Waals surface area contributed by atoms with Crippen molar-refractivity contribution < 1.29 is 95.6 Å². The third-order valence-electron chi connectivity index (χ3n) is 6.65. The van der Waals surface area contributed by atoms with Crippen LogP contribution in [0.15, 0.2) is 0 Å². The van der Waals surface area contributed by atoms with E-state index in [0.29, 0.717) is 0 Å². The summed E-state index contributed by atoms with van der Waals surface area (Å²) in [4.78, 5) is 0. The van der Waals surface area contributed by atoms with Gasteiger partial charge < -0.3 is 70.4 Å². The van der Waals surface area contributed by atoms with Crippen LogP contribution in [0.25, 0.3) is 0 Å². The second kappa shape index (κ2) is 18.5. The van der Waals surface area contributed by atoms with Gasteiger partial charge in [-0.25, -0.2) is 16.8 Å². The Balaban J connectivity index is 0.000000440. The zero-order valence-electron chi connectivity index (χ0n) is 22.9. The highest BCUT2D eigenvalue weighted by Gasteiger charge is 2.52. The van der Waals surface area contributed by atoms with Crippen LogP contribution in [-0.4, -0.2) is 208 Å². The maximum Gasteiger partial charge on any atom is 0.218 e. The van der Waals surface area contributed by atoms with Gasteiger partial charge in [-0.2, -0.15) is 0 Å². The molecule has 2 aliphatic heterocycles. The summed E-state index contributed by atoms with van der Waals surface area (Å²) in [5.74, 6) is -0.321. The predicted octanol–water partition coefficient (Wildman–Crippen LogP) is -9.48. The first-order valence-electron chi connectivity index (χ1n) is 12.7. The first-order valence-corrected chi connectivity index (χ1v) is 18.6. The Morgan fingerprint density at radius 3 is 1.14 bits per heavy atom. The summed E-state index contributed by atoms with van der Waals surface area (Å²) in [6.07, 6.45) is -15.3. The molecule has 0 spiro atoms. The topological polar surface area (TPSA) is 376 Å². The fourth-order valence-corrected chi connectivity index (χ4v) is 10.9. The van der Waals surface area contributed by atoms with Crippen LogP contribution >= 0.6 is 0 Å². The molecule has 264 valence electrons. The molecule has 2 saturated heterocycles. The van der Waals surface area contributed by atoms with E-state index in [1.807, 2.05) is 0 Å². The standard InChI is InChI=1S/2C10H20O10S2/c2*11-1-5(13)10(20-22(17,18)19)7(15)4-21-3-6(14)9(16)8(21)2-12/h2*5-16H,1-4H2/t5-,6+,7+,8+,9-,10+,21?;5-,6-,7-,8-,9+,10+,21?/m01/s1. The lowest BCUT2D eigenvalue weighted by Crippen LogP contribution is -2.47. The number of aliphatic hydroxyl groups excluding tert-OH is 12. The van der Waals surface area contributed by atoms with E-state index in [1.165, 1.54) is 0 Å². The van der Waals surface area contributed by atoms with Gasteiger partial charge in [0.15, 0.2) is 10.5 Å². The quantitative estimate of drug-likeness (QED) is 0.0398. The second-order valence-electron chi connectivity index (χ2n) is 9.87. The van der Waals surface area contributed by atoms with Gasteiger partial charge in [0.25, 0.3) is 0 Å². The fraction of sp³-hybridized carbons (Fsp3) is 1.00. The second-order valence-corrected chi connectivity index (χ2v) is 16.6. The van der Waals surface area contributed by atoms with Crippen LogP contribution in [0.3, 0.4) is 0 Å². The van der Waals surface area contributed by atoms with Crippen LogP contribution in [0.1, 0.15) is 0 Å². The maximum atomic E-state index is 10.6. The molecule has 0 aromatic heterocycles. The number of rotatable bonds is 16. The highest BCUT2D eigenvalue weighted by atomic mass is 32.3. The van der Waals surface area contributed by atoms with Crippen molar-refractivity contribution in [3.63, 3.8) is 0 Å². The van der Waals surface area contributed by atoms with Crippen LogP contribution in [0.2, 0.25) is 0 Å². The van der Waals surface area contributed by atoms with Crippen molar-refractivity contribution in [2.75, 3.05) is 49.4 Å². The van der Waals surface area contributed by atoms with E-state index < -0.39 is 141 Å². The average Bonchev–Trinajstić information content (AvgIpc) is 3.35. The first-order chi connectivity index (χ1) is 20.2. The van der Waals surface area contributed by atoms with Gasteiger partial charge in [-0.3, -0.25) is 8.37 Å². The molecule has 2 rings (SSSR count). The largest absolute Gasteiger partial charge is 0.726 e. The molecule has 0 bridgehead atoms. The molecule has 0 amide bonds. The fourth-order valence-electron chi connectivity index (χ4n) is 4.46. The summed E-state index contributed by atoms with van der Waals surface area (Å²) >= 11 is 0. The Labute approximate surface area is 258 Å². The maximum absolute atomic E-state index is 10.6. The van der Waals surface area contributed by atoms with E-state index >= 15 is 0 Å². The Hall–Kier alpha value is -0.0400. The average molecular weight is 729 g/mol. The summed E-state index contributed by atoms with van der Waals surface area (Å²) in [7, 11) is -12.2. The summed E-state index contributed by atoms with van der Waals surface area (Å²) in [5, 5.41) is 112. The third kappa shape index (κ3) is 12.9. The zero-order chi connectivity index (χ0) is 34.2. The normalized spacial score (nSPS) is 33.6. The third-order valence-corrected chi connectivity index (χ3v) is 13.2. The molecule has 0 aliphatic carbocycles. The molecule has 14 atom stereocenters. The van der Waals surface area contributed by atoms with E-state index in [4.69, 9.17) is 10.2 Å². The molecule has 2 aliphatic rings. The molecule has 0 radical (unpaired) electrons. The van der Waals surface area contributed by atoms with Crippen molar-refractivity contribution in [3.05, 3.63) is 0 Å². The molecule has 12 N–H and O–H groups in total. The van der Waals surface area contributed by atoms with Crippen LogP contribution in [-0.2, 0) is 51.0 Å². The van der Waals surface area contributed by atoms with E-state index in [1.54, 1.807) is 0 Å². The Morgan fingerprint density at radius 2 is 0.909 bits per heavy atom. The zero-order valence-corrected chi connectivity index (χ0v) is 26.1. The molecule has 0 aromatic rings. The van der Waals surface area contributed by atoms with Crippen molar-refractivity contribution in [1.82, 2.24) is 0 Å². The van der Waals surface area contributed by atoms with E-state index in [9.17, 15) is 77.0 Å². The van der Waals surface area contributed by atoms with Crippen LogP contribution in [0.4, 0.5) is 0 Å². The van der Waals surface area contributed by atoms with Crippen molar-refractivity contribution in [1.29, 1.82) is 0 Å². The smallest absolute Gasteiger partial charge is 0.218 e. The molecule has 24 heteroatoms. The van der Waals surface area contributed by atoms with Crippen molar-refractivity contribution in [2.45, 2.75) is 71.5 Å². The van der Waals surface area contributed by atoms with Gasteiger partial charge >= 0.3 is 0 Å². The summed E-state index contributed by atoms with van der Waals surface area (Å²) in [5.41, 5.74) is 0. The molecule has 44 heavy (non-hydrogen) atoms. The molecule has 2 unspecified atom stereocenters. The van der Waals surface area contributed by atoms with Crippen LogP contribution in [0.5, 0.6) is 0 Å². The molecule has 20 nitrogen and oxygen atoms in total. The van der Waals surface area contributed by atoms with E-state index in [2.05, 4.69) is 8.37 Å². The predicted molar refractivity (Wildman–Crippen MR) is 147 cm³/mol. The number of hydrogen-bond donors (Lipinski definition) is 12. The highest BCUT2D eigenvalue weighted by Crippen LogP contribution is 2.27. The van der Waals surface area contributed by atoms with Gasteiger partial charge in [0.1, 0.15) is 84.1 Å². The molecule has 2 heterocycles. The van der Waals surface area contributed by atoms with Gasteiger partial charge in [0.2, 0.25) is 20.8 Å². The van der Waals surface area contributed by atoms with Gasteiger partial charge in [0.05, 0.1) is 26.4 Å². The van der Waals surface area contributed by atoms with Crippen LogP contribution < -0.4 is 0 Å². The van der Waals surface area contributed by atoms with Gasteiger partial charge in [-0.15, -0.1) is 0 Å². The number of aliphatic hydroxyl groups is 12. The molecule has 2 fully saturated rings. The molecular formula is C20H40O20S4. The summed E-state index contributed by atoms with van der Waals surface area (Å²) in [6, 6.07) is 0.